The van der Waals surface area contributed by atoms with Crippen molar-refractivity contribution in [2.24, 2.45) is 17.8 Å². The van der Waals surface area contributed by atoms with Gasteiger partial charge in [-0.1, -0.05) is 62.0 Å². The number of anilines is 1. The fourth-order valence-corrected chi connectivity index (χ4v) is 4.05. The van der Waals surface area contributed by atoms with Crippen molar-refractivity contribution in [2.45, 2.75) is 63.0 Å². The highest BCUT2D eigenvalue weighted by Crippen LogP contribution is 2.36. The molecule has 0 aromatic heterocycles. The SMILES string of the molecule is CCOc1ccc(NC(NC(=O)OC2CC(C)CCC2C(C)C)C(Cl)(Cl)Cl)cc1. The Morgan fingerprint density at radius 2 is 1.86 bits per heavy atom. The number of hydrogen-bond acceptors (Lipinski definition) is 4. The summed E-state index contributed by atoms with van der Waals surface area (Å²) in [4.78, 5) is 12.6. The molecule has 2 rings (SSSR count). The number of alkyl halides is 3. The van der Waals surface area contributed by atoms with Gasteiger partial charge in [-0.15, -0.1) is 0 Å². The minimum atomic E-state index is -1.77. The normalized spacial score (nSPS) is 23.4. The lowest BCUT2D eigenvalue weighted by Crippen LogP contribution is -2.50. The highest BCUT2D eigenvalue weighted by molar-refractivity contribution is 6.68. The van der Waals surface area contributed by atoms with Gasteiger partial charge in [0.05, 0.1) is 6.61 Å². The molecular formula is C21H31Cl3N2O3. The zero-order valence-electron chi connectivity index (χ0n) is 17.4. The highest BCUT2D eigenvalue weighted by Gasteiger charge is 2.37. The second-order valence-corrected chi connectivity index (χ2v) is 10.4. The quantitative estimate of drug-likeness (QED) is 0.362. The Hall–Kier alpha value is -1.04. The number of hydrogen-bond donors (Lipinski definition) is 2. The molecule has 1 aliphatic rings. The van der Waals surface area contributed by atoms with Crippen LogP contribution in [-0.2, 0) is 4.74 Å². The van der Waals surface area contributed by atoms with Gasteiger partial charge in [-0.2, -0.15) is 0 Å². The van der Waals surface area contributed by atoms with E-state index in [0.717, 1.165) is 25.0 Å². The second kappa shape index (κ2) is 10.8. The van der Waals surface area contributed by atoms with E-state index in [2.05, 4.69) is 31.4 Å². The summed E-state index contributed by atoms with van der Waals surface area (Å²) < 4.78 is 9.42. The van der Waals surface area contributed by atoms with Gasteiger partial charge in [0, 0.05) is 5.69 Å². The molecule has 0 bridgehead atoms. The molecule has 29 heavy (non-hydrogen) atoms. The lowest BCUT2D eigenvalue weighted by Gasteiger charge is -2.37. The number of ether oxygens (including phenoxy) is 2. The van der Waals surface area contributed by atoms with Crippen molar-refractivity contribution < 1.29 is 14.3 Å². The molecule has 0 aliphatic heterocycles. The number of carbonyl (C=O) groups is 1. The Balaban J connectivity index is 2.02. The van der Waals surface area contributed by atoms with Crippen molar-refractivity contribution in [3.63, 3.8) is 0 Å². The van der Waals surface area contributed by atoms with Crippen LogP contribution in [0.3, 0.4) is 0 Å². The largest absolute Gasteiger partial charge is 0.494 e. The monoisotopic (exact) mass is 464 g/mol. The van der Waals surface area contributed by atoms with Gasteiger partial charge in [0.1, 0.15) is 18.0 Å². The van der Waals surface area contributed by atoms with E-state index < -0.39 is 16.1 Å². The van der Waals surface area contributed by atoms with Crippen LogP contribution in [0.15, 0.2) is 24.3 Å². The van der Waals surface area contributed by atoms with Gasteiger partial charge >= 0.3 is 6.09 Å². The Morgan fingerprint density at radius 1 is 1.21 bits per heavy atom. The maximum absolute atomic E-state index is 12.6. The van der Waals surface area contributed by atoms with E-state index in [0.29, 0.717) is 30.0 Å². The van der Waals surface area contributed by atoms with E-state index >= 15 is 0 Å². The van der Waals surface area contributed by atoms with E-state index in [9.17, 15) is 4.79 Å². The molecule has 5 nitrogen and oxygen atoms in total. The lowest BCUT2D eigenvalue weighted by molar-refractivity contribution is 0.00534. The van der Waals surface area contributed by atoms with Crippen LogP contribution in [0, 0.1) is 17.8 Å². The summed E-state index contributed by atoms with van der Waals surface area (Å²) in [7, 11) is 0. The molecule has 164 valence electrons. The number of benzene rings is 1. The summed E-state index contributed by atoms with van der Waals surface area (Å²) in [5.41, 5.74) is 0.677. The Morgan fingerprint density at radius 3 is 2.41 bits per heavy atom. The molecule has 1 saturated carbocycles. The number of alkyl carbamates (subject to hydrolysis) is 1. The van der Waals surface area contributed by atoms with Crippen LogP contribution in [0.4, 0.5) is 10.5 Å². The predicted molar refractivity (Wildman–Crippen MR) is 120 cm³/mol. The first-order chi connectivity index (χ1) is 13.6. The van der Waals surface area contributed by atoms with Crippen molar-refractivity contribution in [3.8, 4) is 5.75 Å². The molecular weight excluding hydrogens is 435 g/mol. The first kappa shape index (κ1) is 24.2. The van der Waals surface area contributed by atoms with Crippen molar-refractivity contribution in [1.82, 2.24) is 5.32 Å². The van der Waals surface area contributed by atoms with Gasteiger partial charge in [0.25, 0.3) is 0 Å². The number of nitrogens with one attached hydrogen (secondary N) is 2. The van der Waals surface area contributed by atoms with Crippen molar-refractivity contribution >= 4 is 46.6 Å². The van der Waals surface area contributed by atoms with Gasteiger partial charge in [0.15, 0.2) is 0 Å². The Bertz CT molecular complexity index is 650. The minimum Gasteiger partial charge on any atom is -0.494 e. The molecule has 8 heteroatoms. The number of carbonyl (C=O) groups excluding carboxylic acids is 1. The molecule has 1 amide bonds. The van der Waals surface area contributed by atoms with Crippen LogP contribution in [0.5, 0.6) is 5.75 Å². The number of halogens is 3. The first-order valence-electron chi connectivity index (χ1n) is 10.1. The Kier molecular flexibility index (Phi) is 9.05. The third kappa shape index (κ3) is 7.62. The molecule has 1 aromatic rings. The van der Waals surface area contributed by atoms with Gasteiger partial charge in [0.2, 0.25) is 3.79 Å². The topological polar surface area (TPSA) is 59.6 Å². The second-order valence-electron chi connectivity index (χ2n) is 7.99. The zero-order chi connectivity index (χ0) is 21.6. The average molecular weight is 466 g/mol. The van der Waals surface area contributed by atoms with Crippen molar-refractivity contribution in [3.05, 3.63) is 24.3 Å². The fraction of sp³-hybridized carbons (Fsp3) is 0.667. The molecule has 1 aromatic carbocycles. The summed E-state index contributed by atoms with van der Waals surface area (Å²) in [6.07, 6.45) is 1.36. The van der Waals surface area contributed by atoms with Gasteiger partial charge in [-0.25, -0.2) is 4.79 Å². The molecule has 0 saturated heterocycles. The highest BCUT2D eigenvalue weighted by atomic mass is 35.6. The molecule has 0 radical (unpaired) electrons. The third-order valence-corrected chi connectivity index (χ3v) is 5.94. The average Bonchev–Trinajstić information content (AvgIpc) is 2.62. The Labute approximate surface area is 188 Å². The summed E-state index contributed by atoms with van der Waals surface area (Å²) in [6, 6.07) is 7.19. The molecule has 0 heterocycles. The molecule has 0 spiro atoms. The van der Waals surface area contributed by atoms with Crippen LogP contribution in [-0.4, -0.2) is 28.8 Å². The predicted octanol–water partition coefficient (Wildman–Crippen LogP) is 6.38. The summed E-state index contributed by atoms with van der Waals surface area (Å²) in [5.74, 6) is 2.03. The van der Waals surface area contributed by atoms with Crippen LogP contribution in [0.25, 0.3) is 0 Å². The van der Waals surface area contributed by atoms with Crippen LogP contribution in [0.1, 0.15) is 47.0 Å². The van der Waals surface area contributed by atoms with E-state index in [1.54, 1.807) is 24.3 Å². The summed E-state index contributed by atoms with van der Waals surface area (Å²) >= 11 is 18.3. The molecule has 2 N–H and O–H groups in total. The van der Waals surface area contributed by atoms with Gasteiger partial charge < -0.3 is 14.8 Å². The van der Waals surface area contributed by atoms with Crippen LogP contribution >= 0.6 is 34.8 Å². The maximum atomic E-state index is 12.6. The van der Waals surface area contributed by atoms with E-state index in [-0.39, 0.29) is 6.10 Å². The zero-order valence-corrected chi connectivity index (χ0v) is 19.7. The standard InChI is InChI=1S/C21H31Cl3N2O3/c1-5-28-16-9-7-15(8-10-16)25-19(21(22,23)24)26-20(27)29-18-12-14(4)6-11-17(18)13(2)3/h7-10,13-14,17-19,25H,5-6,11-12H2,1-4H3,(H,26,27). The third-order valence-electron chi connectivity index (χ3n) is 5.29. The molecule has 1 fully saturated rings. The van der Waals surface area contributed by atoms with Crippen molar-refractivity contribution in [1.29, 1.82) is 0 Å². The molecule has 4 unspecified atom stereocenters. The smallest absolute Gasteiger partial charge is 0.409 e. The minimum absolute atomic E-state index is 0.139. The van der Waals surface area contributed by atoms with Crippen LogP contribution < -0.4 is 15.4 Å². The van der Waals surface area contributed by atoms with E-state index in [1.165, 1.54) is 0 Å². The van der Waals surface area contributed by atoms with E-state index in [4.69, 9.17) is 44.3 Å². The van der Waals surface area contributed by atoms with Gasteiger partial charge in [-0.3, -0.25) is 5.32 Å². The van der Waals surface area contributed by atoms with Gasteiger partial charge in [-0.05, 0) is 61.8 Å². The van der Waals surface area contributed by atoms with Crippen LogP contribution in [0.2, 0.25) is 0 Å². The van der Waals surface area contributed by atoms with E-state index in [1.807, 2.05) is 6.92 Å². The maximum Gasteiger partial charge on any atom is 0.409 e. The fourth-order valence-electron chi connectivity index (χ4n) is 3.72. The molecule has 1 aliphatic carbocycles. The summed E-state index contributed by atoms with van der Waals surface area (Å²) in [6.45, 7) is 8.99. The first-order valence-corrected chi connectivity index (χ1v) is 11.3. The number of rotatable bonds is 7. The summed E-state index contributed by atoms with van der Waals surface area (Å²) in [5, 5.41) is 5.70. The molecule has 4 atom stereocenters. The lowest BCUT2D eigenvalue weighted by atomic mass is 9.75. The number of amides is 1. The van der Waals surface area contributed by atoms with Crippen molar-refractivity contribution in [2.75, 3.05) is 11.9 Å².